The highest BCUT2D eigenvalue weighted by molar-refractivity contribution is 7.91. The van der Waals surface area contributed by atoms with Crippen LogP contribution in [0.5, 0.6) is 5.75 Å². The average Bonchev–Trinajstić information content (AvgIpc) is 3.34. The van der Waals surface area contributed by atoms with Gasteiger partial charge in [-0.15, -0.1) is 12.4 Å². The molecule has 1 N–H and O–H groups in total. The van der Waals surface area contributed by atoms with E-state index < -0.39 is 9.84 Å². The molecule has 0 radical (unpaired) electrons. The van der Waals surface area contributed by atoms with Gasteiger partial charge in [0.25, 0.3) is 0 Å². The lowest BCUT2D eigenvalue weighted by atomic mass is 10.2. The predicted octanol–water partition coefficient (Wildman–Crippen LogP) is 5.20. The van der Waals surface area contributed by atoms with Gasteiger partial charge in [-0.1, -0.05) is 41.4 Å². The topological polar surface area (TPSA) is 62.4 Å². The molecule has 0 bridgehead atoms. The van der Waals surface area contributed by atoms with Crippen molar-refractivity contribution in [2.75, 3.05) is 26.2 Å². The van der Waals surface area contributed by atoms with Crippen LogP contribution in [0.4, 0.5) is 0 Å². The molecule has 1 aliphatic heterocycles. The van der Waals surface area contributed by atoms with Crippen molar-refractivity contribution in [3.05, 3.63) is 52.6 Å². The summed E-state index contributed by atoms with van der Waals surface area (Å²) < 4.78 is 32.3. The monoisotopic (exact) mass is 474 g/mol. The highest BCUT2D eigenvalue weighted by Crippen LogP contribution is 2.37. The van der Waals surface area contributed by atoms with Gasteiger partial charge in [0.15, 0.2) is 0 Å². The summed E-state index contributed by atoms with van der Waals surface area (Å²) in [5.41, 5.74) is 0.653. The zero-order valence-corrected chi connectivity index (χ0v) is 18.7. The van der Waals surface area contributed by atoms with Gasteiger partial charge in [-0.2, -0.15) is 0 Å². The molecule has 29 heavy (non-hydrogen) atoms. The smallest absolute Gasteiger partial charge is 0.210 e. The SMILES string of the molecule is Cl.O=S(=O)(c1cccc(Cl)c1Cl)c1c[nH]c2c(OCCN3CCCC3)cccc12. The number of ether oxygens (including phenoxy) is 1. The fourth-order valence-electron chi connectivity index (χ4n) is 3.54. The lowest BCUT2D eigenvalue weighted by Gasteiger charge is -2.15. The van der Waals surface area contributed by atoms with Crippen LogP contribution >= 0.6 is 35.6 Å². The molecule has 0 spiro atoms. The number of nitrogens with one attached hydrogen (secondary N) is 1. The fourth-order valence-corrected chi connectivity index (χ4v) is 5.72. The van der Waals surface area contributed by atoms with E-state index in [1.165, 1.54) is 25.1 Å². The molecule has 1 aromatic heterocycles. The first-order chi connectivity index (χ1) is 13.5. The Balaban J connectivity index is 0.00000240. The highest BCUT2D eigenvalue weighted by Gasteiger charge is 2.26. The van der Waals surface area contributed by atoms with Crippen LogP contribution in [0.15, 0.2) is 52.4 Å². The van der Waals surface area contributed by atoms with Crippen LogP contribution < -0.4 is 4.74 Å². The molecular weight excluding hydrogens is 455 g/mol. The van der Waals surface area contributed by atoms with Crippen molar-refractivity contribution in [1.29, 1.82) is 0 Å². The van der Waals surface area contributed by atoms with Crippen molar-refractivity contribution >= 4 is 56.3 Å². The maximum Gasteiger partial charge on any atom is 0.210 e. The van der Waals surface area contributed by atoms with Crippen LogP contribution in [0.3, 0.4) is 0 Å². The number of nitrogens with zero attached hydrogens (tertiary/aromatic N) is 1. The number of H-pyrrole nitrogens is 1. The van der Waals surface area contributed by atoms with Gasteiger partial charge < -0.3 is 9.72 Å². The molecule has 9 heteroatoms. The Kier molecular flexibility index (Phi) is 7.02. The van der Waals surface area contributed by atoms with Crippen molar-refractivity contribution in [1.82, 2.24) is 9.88 Å². The first-order valence-electron chi connectivity index (χ1n) is 9.13. The van der Waals surface area contributed by atoms with Gasteiger partial charge in [0.1, 0.15) is 12.4 Å². The van der Waals surface area contributed by atoms with Crippen molar-refractivity contribution in [3.8, 4) is 5.75 Å². The van der Waals surface area contributed by atoms with Gasteiger partial charge >= 0.3 is 0 Å². The number of hydrogen-bond donors (Lipinski definition) is 1. The van der Waals surface area contributed by atoms with Gasteiger partial charge in [0, 0.05) is 18.1 Å². The third-order valence-corrected chi connectivity index (χ3v) is 7.77. The number of benzene rings is 2. The number of aromatic amines is 1. The third-order valence-electron chi connectivity index (χ3n) is 5.00. The van der Waals surface area contributed by atoms with E-state index in [1.54, 1.807) is 24.3 Å². The number of likely N-dealkylation sites (tertiary alicyclic amines) is 1. The quantitative estimate of drug-likeness (QED) is 0.532. The van der Waals surface area contributed by atoms with Crippen LogP contribution in [0.2, 0.25) is 10.0 Å². The molecule has 4 rings (SSSR count). The molecule has 0 unspecified atom stereocenters. The Morgan fingerprint density at radius 3 is 2.52 bits per heavy atom. The Hall–Kier alpha value is -1.44. The second-order valence-electron chi connectivity index (χ2n) is 6.78. The van der Waals surface area contributed by atoms with Crippen molar-refractivity contribution in [2.45, 2.75) is 22.6 Å². The molecular formula is C20H21Cl3N2O3S. The summed E-state index contributed by atoms with van der Waals surface area (Å²) in [4.78, 5) is 5.56. The molecule has 0 aliphatic carbocycles. The van der Waals surface area contributed by atoms with Crippen LogP contribution in [0, 0.1) is 0 Å². The van der Waals surface area contributed by atoms with Gasteiger partial charge in [-0.3, -0.25) is 4.90 Å². The summed E-state index contributed by atoms with van der Waals surface area (Å²) in [6.07, 6.45) is 3.95. The van der Waals surface area contributed by atoms with E-state index in [2.05, 4.69) is 9.88 Å². The number of fused-ring (bicyclic) bond motifs is 1. The molecule has 0 saturated carbocycles. The average molecular weight is 476 g/mol. The number of para-hydroxylation sites is 1. The number of rotatable bonds is 6. The van der Waals surface area contributed by atoms with Gasteiger partial charge in [0.05, 0.1) is 25.4 Å². The molecule has 1 saturated heterocycles. The first-order valence-corrected chi connectivity index (χ1v) is 11.4. The maximum atomic E-state index is 13.2. The summed E-state index contributed by atoms with van der Waals surface area (Å²) in [5.74, 6) is 0.635. The van der Waals surface area contributed by atoms with E-state index in [0.29, 0.717) is 23.3 Å². The minimum Gasteiger partial charge on any atom is -0.490 e. The van der Waals surface area contributed by atoms with E-state index in [1.807, 2.05) is 6.07 Å². The van der Waals surface area contributed by atoms with Crippen molar-refractivity contribution in [3.63, 3.8) is 0 Å². The lowest BCUT2D eigenvalue weighted by molar-refractivity contribution is 0.239. The van der Waals surface area contributed by atoms with Gasteiger partial charge in [-0.05, 0) is 44.1 Å². The molecule has 2 aromatic carbocycles. The molecule has 0 amide bonds. The standard InChI is InChI=1S/C20H20Cl2N2O3S.ClH/c21-15-6-4-8-17(19(15)22)28(25,26)18-13-23-20-14(18)5-3-7-16(20)27-12-11-24-9-1-2-10-24;/h3-8,13,23H,1-2,9-12H2;1H. The molecule has 0 atom stereocenters. The third kappa shape index (κ3) is 4.37. The highest BCUT2D eigenvalue weighted by atomic mass is 35.5. The zero-order valence-electron chi connectivity index (χ0n) is 15.5. The molecule has 156 valence electrons. The minimum absolute atomic E-state index is 0. The number of sulfone groups is 1. The Bertz CT molecular complexity index is 1110. The second kappa shape index (κ2) is 9.14. The normalized spacial score (nSPS) is 14.8. The van der Waals surface area contributed by atoms with E-state index >= 15 is 0 Å². The van der Waals surface area contributed by atoms with Crippen LogP contribution in [0.25, 0.3) is 10.9 Å². The summed E-state index contributed by atoms with van der Waals surface area (Å²) in [7, 11) is -3.84. The lowest BCUT2D eigenvalue weighted by Crippen LogP contribution is -2.25. The van der Waals surface area contributed by atoms with Gasteiger partial charge in [0.2, 0.25) is 9.84 Å². The summed E-state index contributed by atoms with van der Waals surface area (Å²) in [5, 5.41) is 0.791. The van der Waals surface area contributed by atoms with Crippen LogP contribution in [-0.2, 0) is 9.84 Å². The molecule has 1 fully saturated rings. The van der Waals surface area contributed by atoms with Crippen LogP contribution in [0.1, 0.15) is 12.8 Å². The van der Waals surface area contributed by atoms with Crippen LogP contribution in [-0.4, -0.2) is 44.5 Å². The fraction of sp³-hybridized carbons (Fsp3) is 0.300. The second-order valence-corrected chi connectivity index (χ2v) is 9.46. The maximum absolute atomic E-state index is 13.2. The largest absolute Gasteiger partial charge is 0.490 e. The Morgan fingerprint density at radius 2 is 1.76 bits per heavy atom. The summed E-state index contributed by atoms with van der Waals surface area (Å²) in [6, 6.07) is 9.97. The minimum atomic E-state index is -3.84. The Labute approximate surface area is 186 Å². The summed E-state index contributed by atoms with van der Waals surface area (Å²) >= 11 is 12.2. The molecule has 1 aliphatic rings. The van der Waals surface area contributed by atoms with E-state index in [4.69, 9.17) is 27.9 Å². The molecule has 2 heterocycles. The molecule has 3 aromatic rings. The van der Waals surface area contributed by atoms with E-state index in [0.717, 1.165) is 19.6 Å². The number of halogens is 3. The first kappa shape index (κ1) is 22.2. The predicted molar refractivity (Wildman–Crippen MR) is 119 cm³/mol. The zero-order chi connectivity index (χ0) is 19.7. The van der Waals surface area contributed by atoms with E-state index in [-0.39, 0.29) is 32.2 Å². The number of hydrogen-bond acceptors (Lipinski definition) is 4. The molecule has 5 nitrogen and oxygen atoms in total. The van der Waals surface area contributed by atoms with Crippen molar-refractivity contribution in [2.24, 2.45) is 0 Å². The Morgan fingerprint density at radius 1 is 1.03 bits per heavy atom. The summed E-state index contributed by atoms with van der Waals surface area (Å²) in [6.45, 7) is 3.64. The van der Waals surface area contributed by atoms with Gasteiger partial charge in [-0.25, -0.2) is 8.42 Å². The van der Waals surface area contributed by atoms with Crippen molar-refractivity contribution < 1.29 is 13.2 Å². The van der Waals surface area contributed by atoms with E-state index in [9.17, 15) is 8.42 Å². The number of aromatic nitrogens is 1.